The van der Waals surface area contributed by atoms with Gasteiger partial charge in [0.1, 0.15) is 5.75 Å². The van der Waals surface area contributed by atoms with Gasteiger partial charge in [-0.1, -0.05) is 23.5 Å². The molecule has 1 unspecified atom stereocenters. The van der Waals surface area contributed by atoms with Crippen molar-refractivity contribution < 1.29 is 9.53 Å². The fraction of sp³-hybridized carbons (Fsp3) is 0.360. The lowest BCUT2D eigenvalue weighted by Gasteiger charge is -2.38. The molecule has 0 radical (unpaired) electrons. The maximum atomic E-state index is 11.5. The number of carbonyl (C=O) groups excluding carboxylic acids is 1. The van der Waals surface area contributed by atoms with Gasteiger partial charge in [0, 0.05) is 41.2 Å². The van der Waals surface area contributed by atoms with Gasteiger partial charge in [-0.3, -0.25) is 9.69 Å². The summed E-state index contributed by atoms with van der Waals surface area (Å²) in [5.41, 5.74) is 0.976. The van der Waals surface area contributed by atoms with Crippen LogP contribution >= 0.6 is 22.7 Å². The molecule has 2 aliphatic heterocycles. The summed E-state index contributed by atoms with van der Waals surface area (Å²) < 4.78 is 8.47. The van der Waals surface area contributed by atoms with E-state index >= 15 is 0 Å². The van der Waals surface area contributed by atoms with Crippen molar-refractivity contribution in [2.45, 2.75) is 57.3 Å². The summed E-state index contributed by atoms with van der Waals surface area (Å²) in [6.07, 6.45) is 4.62. The third-order valence-corrected chi connectivity index (χ3v) is 8.65. The van der Waals surface area contributed by atoms with Gasteiger partial charge in [0.05, 0.1) is 10.2 Å². The number of hydrogen-bond donors (Lipinski definition) is 1. The van der Waals surface area contributed by atoms with Crippen molar-refractivity contribution in [1.29, 1.82) is 0 Å². The first kappa shape index (κ1) is 20.1. The number of amides is 1. The summed E-state index contributed by atoms with van der Waals surface area (Å²) in [4.78, 5) is 20.1. The fourth-order valence-electron chi connectivity index (χ4n) is 5.32. The first-order valence-electron chi connectivity index (χ1n) is 11.2. The van der Waals surface area contributed by atoms with Gasteiger partial charge in [0.2, 0.25) is 5.91 Å². The molecule has 0 spiro atoms. The second-order valence-electron chi connectivity index (χ2n) is 8.89. The lowest BCUT2D eigenvalue weighted by molar-refractivity contribution is -0.120. The number of rotatable bonds is 5. The number of para-hydroxylation sites is 1. The third kappa shape index (κ3) is 3.89. The summed E-state index contributed by atoms with van der Waals surface area (Å²) >= 11 is 3.43. The Balaban J connectivity index is 1.17. The number of fused-ring (bicyclic) bond motifs is 4. The monoisotopic (exact) mass is 463 g/mol. The molecule has 4 heterocycles. The fourth-order valence-corrected chi connectivity index (χ4v) is 7.26. The third-order valence-electron chi connectivity index (χ3n) is 6.65. The van der Waals surface area contributed by atoms with Crippen molar-refractivity contribution in [3.8, 4) is 10.9 Å². The van der Waals surface area contributed by atoms with E-state index in [-0.39, 0.29) is 5.91 Å². The average molecular weight is 464 g/mol. The van der Waals surface area contributed by atoms with E-state index in [4.69, 9.17) is 4.74 Å². The average Bonchev–Trinajstić information content (AvgIpc) is 3.41. The van der Waals surface area contributed by atoms with Gasteiger partial charge in [-0.05, 0) is 67.5 Å². The summed E-state index contributed by atoms with van der Waals surface area (Å²) in [5, 5.41) is 5.09. The van der Waals surface area contributed by atoms with Crippen LogP contribution in [-0.2, 0) is 11.3 Å². The largest absolute Gasteiger partial charge is 0.431 e. The van der Waals surface area contributed by atoms with E-state index in [1.807, 2.05) is 35.6 Å². The van der Waals surface area contributed by atoms with Crippen LogP contribution in [0.15, 0.2) is 48.5 Å². The molecule has 6 rings (SSSR count). The molecule has 2 saturated heterocycles. The van der Waals surface area contributed by atoms with Gasteiger partial charge in [0.15, 0.2) is 0 Å². The number of aromatic nitrogens is 1. The molecular weight excluding hydrogens is 438 g/mol. The number of ether oxygens (including phenoxy) is 1. The zero-order chi connectivity index (χ0) is 21.7. The van der Waals surface area contributed by atoms with Crippen molar-refractivity contribution >= 4 is 48.9 Å². The number of hydrogen-bond acceptors (Lipinski definition) is 6. The van der Waals surface area contributed by atoms with Crippen molar-refractivity contribution in [3.63, 3.8) is 0 Å². The van der Waals surface area contributed by atoms with Gasteiger partial charge < -0.3 is 10.1 Å². The van der Waals surface area contributed by atoms with Gasteiger partial charge in [-0.15, -0.1) is 11.3 Å². The topological polar surface area (TPSA) is 54.5 Å². The van der Waals surface area contributed by atoms with Crippen LogP contribution in [0.5, 0.6) is 10.9 Å². The Bertz CT molecular complexity index is 1250. The molecule has 1 amide bonds. The maximum absolute atomic E-state index is 11.5. The summed E-state index contributed by atoms with van der Waals surface area (Å²) in [7, 11) is 0. The Morgan fingerprint density at radius 2 is 1.91 bits per heavy atom. The highest BCUT2D eigenvalue weighted by molar-refractivity contribution is 7.20. The van der Waals surface area contributed by atoms with Gasteiger partial charge in [-0.2, -0.15) is 0 Å². The van der Waals surface area contributed by atoms with E-state index in [2.05, 4.69) is 39.5 Å². The highest BCUT2D eigenvalue weighted by atomic mass is 32.1. The number of carbonyl (C=O) groups is 1. The summed E-state index contributed by atoms with van der Waals surface area (Å²) in [6, 6.07) is 18.2. The summed E-state index contributed by atoms with van der Waals surface area (Å²) in [6.45, 7) is 2.62. The Labute approximate surface area is 195 Å². The van der Waals surface area contributed by atoms with Crippen LogP contribution in [0.3, 0.4) is 0 Å². The maximum Gasteiger partial charge on any atom is 0.279 e. The molecule has 2 bridgehead atoms. The molecule has 2 aromatic heterocycles. The van der Waals surface area contributed by atoms with Crippen LogP contribution in [0.25, 0.3) is 20.3 Å². The Morgan fingerprint density at radius 3 is 2.69 bits per heavy atom. The number of piperidine rings is 1. The lowest BCUT2D eigenvalue weighted by atomic mass is 9.97. The lowest BCUT2D eigenvalue weighted by Crippen LogP contribution is -2.49. The van der Waals surface area contributed by atoms with Gasteiger partial charge in [0.25, 0.3) is 5.19 Å². The van der Waals surface area contributed by atoms with Gasteiger partial charge in [-0.25, -0.2) is 4.98 Å². The van der Waals surface area contributed by atoms with E-state index in [1.54, 1.807) is 18.3 Å². The minimum absolute atomic E-state index is 0.0937. The SMILES string of the molecule is CC(=O)NC1C[C@H]2CC[C@@H](C1)N2Cc1cc2ccc(Oc3nc4ccccc4s3)cc2s1. The molecule has 164 valence electrons. The zero-order valence-electron chi connectivity index (χ0n) is 17.9. The minimum atomic E-state index is 0.0937. The number of thiophene rings is 1. The van der Waals surface area contributed by atoms with E-state index in [1.165, 1.54) is 27.8 Å². The van der Waals surface area contributed by atoms with Crippen molar-refractivity contribution in [2.75, 3.05) is 0 Å². The van der Waals surface area contributed by atoms with Crippen molar-refractivity contribution in [3.05, 3.63) is 53.4 Å². The molecule has 2 aliphatic rings. The Hall–Kier alpha value is -2.48. The minimum Gasteiger partial charge on any atom is -0.431 e. The number of thiazole rings is 1. The molecule has 2 fully saturated rings. The molecule has 1 N–H and O–H groups in total. The molecule has 0 saturated carbocycles. The molecule has 2 aromatic carbocycles. The molecule has 4 aromatic rings. The van der Waals surface area contributed by atoms with Crippen LogP contribution in [0, 0.1) is 0 Å². The Kier molecular flexibility index (Phi) is 5.12. The van der Waals surface area contributed by atoms with Crippen LogP contribution in [0.4, 0.5) is 0 Å². The molecule has 0 aliphatic carbocycles. The van der Waals surface area contributed by atoms with Gasteiger partial charge >= 0.3 is 0 Å². The first-order valence-corrected chi connectivity index (χ1v) is 12.8. The highest BCUT2D eigenvalue weighted by Crippen LogP contribution is 2.39. The molecular formula is C25H25N3O2S2. The smallest absolute Gasteiger partial charge is 0.279 e. The quantitative estimate of drug-likeness (QED) is 0.398. The van der Waals surface area contributed by atoms with Crippen LogP contribution in [0.1, 0.15) is 37.5 Å². The number of nitrogens with one attached hydrogen (secondary N) is 1. The van der Waals surface area contributed by atoms with Crippen molar-refractivity contribution in [1.82, 2.24) is 15.2 Å². The van der Waals surface area contributed by atoms with E-state index in [0.29, 0.717) is 23.3 Å². The predicted molar refractivity (Wildman–Crippen MR) is 131 cm³/mol. The predicted octanol–water partition coefficient (Wildman–Crippen LogP) is 5.93. The second-order valence-corrected chi connectivity index (χ2v) is 11.0. The number of nitrogens with zero attached hydrogens (tertiary/aromatic N) is 2. The molecule has 5 nitrogen and oxygen atoms in total. The standard InChI is InChI=1S/C25H25N3O2S2/c1-15(29)26-17-11-18-7-8-19(12-17)28(18)14-21-10-16-6-9-20(13-24(16)31-21)30-25-27-22-4-2-3-5-23(22)32-25/h2-6,9-10,13,17-19H,7-8,11-12,14H2,1H3,(H,26,29)/t17?,18-,19+. The molecule has 3 atom stereocenters. The van der Waals surface area contributed by atoms with Crippen LogP contribution in [0.2, 0.25) is 0 Å². The van der Waals surface area contributed by atoms with E-state index in [0.717, 1.165) is 35.4 Å². The summed E-state index contributed by atoms with van der Waals surface area (Å²) in [5.74, 6) is 0.928. The number of benzene rings is 2. The Morgan fingerprint density at radius 1 is 1.09 bits per heavy atom. The van der Waals surface area contributed by atoms with Crippen LogP contribution < -0.4 is 10.1 Å². The van der Waals surface area contributed by atoms with Crippen LogP contribution in [-0.4, -0.2) is 33.9 Å². The van der Waals surface area contributed by atoms with Crippen molar-refractivity contribution in [2.24, 2.45) is 0 Å². The zero-order valence-corrected chi connectivity index (χ0v) is 19.5. The highest BCUT2D eigenvalue weighted by Gasteiger charge is 2.40. The second kappa shape index (κ2) is 8.14. The first-order chi connectivity index (χ1) is 15.6. The molecule has 32 heavy (non-hydrogen) atoms. The molecule has 7 heteroatoms. The van der Waals surface area contributed by atoms with E-state index < -0.39 is 0 Å². The van der Waals surface area contributed by atoms with E-state index in [9.17, 15) is 4.79 Å². The normalized spacial score (nSPS) is 23.1.